The van der Waals surface area contributed by atoms with E-state index in [0.29, 0.717) is 0 Å². The van der Waals surface area contributed by atoms with E-state index in [4.69, 9.17) is 0 Å². The maximum absolute atomic E-state index is 12.5. The normalized spacial score (nSPS) is 13.4. The lowest BCUT2D eigenvalue weighted by molar-refractivity contribution is 0.103. The van der Waals surface area contributed by atoms with Crippen LogP contribution < -0.4 is 0 Å². The molecule has 92 valence electrons. The lowest BCUT2D eigenvalue weighted by atomic mass is 9.88. The average Bonchev–Trinajstić information content (AvgIpc) is 2.78. The third kappa shape index (κ3) is 1.51. The second kappa shape index (κ2) is 3.81. The van der Waals surface area contributed by atoms with Crippen LogP contribution in [0.5, 0.6) is 0 Å². The van der Waals surface area contributed by atoms with Crippen LogP contribution >= 0.6 is 15.9 Å². The molecule has 0 fully saturated rings. The van der Waals surface area contributed by atoms with E-state index >= 15 is 0 Å². The van der Waals surface area contributed by atoms with Crippen LogP contribution in [0.25, 0.3) is 10.9 Å². The molecule has 4 rings (SSSR count). The zero-order valence-corrected chi connectivity index (χ0v) is 11.6. The molecule has 1 aliphatic carbocycles. The van der Waals surface area contributed by atoms with E-state index in [0.717, 1.165) is 44.2 Å². The SMILES string of the molecule is O=C1c2ccccc2Cc2c1[nH]c1ccc(Br)cc21. The van der Waals surface area contributed by atoms with Crippen LogP contribution in [0.1, 0.15) is 27.2 Å². The number of carbonyl (C=O) groups excluding carboxylic acids is 1. The Morgan fingerprint density at radius 3 is 2.84 bits per heavy atom. The zero-order valence-electron chi connectivity index (χ0n) is 10.0. The number of fused-ring (bicyclic) bond motifs is 4. The number of carbonyl (C=O) groups is 1. The third-order valence-corrected chi connectivity index (χ3v) is 4.22. The Bertz CT molecular complexity index is 832. The van der Waals surface area contributed by atoms with E-state index in [9.17, 15) is 4.79 Å². The molecule has 0 atom stereocenters. The number of aromatic amines is 1. The lowest BCUT2D eigenvalue weighted by Gasteiger charge is -2.15. The van der Waals surface area contributed by atoms with E-state index in [1.54, 1.807) is 0 Å². The van der Waals surface area contributed by atoms with Gasteiger partial charge in [-0.3, -0.25) is 4.79 Å². The first-order valence-corrected chi connectivity index (χ1v) is 6.96. The summed E-state index contributed by atoms with van der Waals surface area (Å²) < 4.78 is 1.04. The molecule has 19 heavy (non-hydrogen) atoms. The van der Waals surface area contributed by atoms with Crippen molar-refractivity contribution in [3.05, 3.63) is 69.3 Å². The van der Waals surface area contributed by atoms with Crippen molar-refractivity contribution in [2.24, 2.45) is 0 Å². The number of H-pyrrole nitrogens is 1. The Morgan fingerprint density at radius 2 is 1.95 bits per heavy atom. The number of hydrogen-bond donors (Lipinski definition) is 1. The Labute approximate surface area is 118 Å². The molecule has 1 N–H and O–H groups in total. The fourth-order valence-corrected chi connectivity index (χ4v) is 3.18. The van der Waals surface area contributed by atoms with Gasteiger partial charge in [0.2, 0.25) is 5.78 Å². The molecule has 1 heterocycles. The maximum Gasteiger partial charge on any atom is 0.209 e. The number of benzene rings is 2. The number of hydrogen-bond acceptors (Lipinski definition) is 1. The molecule has 0 spiro atoms. The van der Waals surface area contributed by atoms with Crippen LogP contribution in [0, 0.1) is 0 Å². The van der Waals surface area contributed by atoms with Gasteiger partial charge in [0, 0.05) is 27.4 Å². The van der Waals surface area contributed by atoms with Crippen LogP contribution in [0.15, 0.2) is 46.9 Å². The van der Waals surface area contributed by atoms with Gasteiger partial charge in [0.15, 0.2) is 0 Å². The quantitative estimate of drug-likeness (QED) is 0.522. The molecule has 0 saturated carbocycles. The summed E-state index contributed by atoms with van der Waals surface area (Å²) in [4.78, 5) is 15.8. The van der Waals surface area contributed by atoms with Gasteiger partial charge in [-0.15, -0.1) is 0 Å². The predicted octanol–water partition coefficient (Wildman–Crippen LogP) is 4.07. The molecule has 0 radical (unpaired) electrons. The minimum absolute atomic E-state index is 0.101. The highest BCUT2D eigenvalue weighted by Gasteiger charge is 2.26. The summed E-state index contributed by atoms with van der Waals surface area (Å²) in [7, 11) is 0. The second-order valence-corrected chi connectivity index (χ2v) is 5.75. The summed E-state index contributed by atoms with van der Waals surface area (Å²) in [6.07, 6.45) is 0.813. The molecule has 2 nitrogen and oxygen atoms in total. The van der Waals surface area contributed by atoms with Crippen molar-refractivity contribution >= 4 is 32.6 Å². The third-order valence-electron chi connectivity index (χ3n) is 3.72. The average molecular weight is 312 g/mol. The van der Waals surface area contributed by atoms with Gasteiger partial charge < -0.3 is 4.98 Å². The fourth-order valence-electron chi connectivity index (χ4n) is 2.82. The Balaban J connectivity index is 2.04. The molecule has 1 aromatic heterocycles. The van der Waals surface area contributed by atoms with E-state index < -0.39 is 0 Å². The molecule has 0 amide bonds. The van der Waals surface area contributed by atoms with Crippen LogP contribution in [0.3, 0.4) is 0 Å². The van der Waals surface area contributed by atoms with Gasteiger partial charge in [-0.2, -0.15) is 0 Å². The Hall–Kier alpha value is -1.87. The molecule has 0 saturated heterocycles. The summed E-state index contributed by atoms with van der Waals surface area (Å²) in [5, 5.41) is 1.13. The van der Waals surface area contributed by atoms with Gasteiger partial charge in [-0.25, -0.2) is 0 Å². The summed E-state index contributed by atoms with van der Waals surface area (Å²) in [5.74, 6) is 0.101. The van der Waals surface area contributed by atoms with Crippen LogP contribution in [0.2, 0.25) is 0 Å². The lowest BCUT2D eigenvalue weighted by Crippen LogP contribution is -2.14. The van der Waals surface area contributed by atoms with Crippen molar-refractivity contribution in [1.29, 1.82) is 0 Å². The smallest absolute Gasteiger partial charge is 0.209 e. The number of halogens is 1. The molecule has 1 aliphatic rings. The van der Waals surface area contributed by atoms with Gasteiger partial charge >= 0.3 is 0 Å². The highest BCUT2D eigenvalue weighted by molar-refractivity contribution is 9.10. The number of aromatic nitrogens is 1. The minimum atomic E-state index is 0.101. The van der Waals surface area contributed by atoms with Crippen LogP contribution in [-0.2, 0) is 6.42 Å². The van der Waals surface area contributed by atoms with Crippen molar-refractivity contribution in [1.82, 2.24) is 4.98 Å². The molecule has 0 unspecified atom stereocenters. The van der Waals surface area contributed by atoms with E-state index in [1.165, 1.54) is 0 Å². The van der Waals surface area contributed by atoms with Crippen molar-refractivity contribution in [3.63, 3.8) is 0 Å². The second-order valence-electron chi connectivity index (χ2n) is 4.83. The van der Waals surface area contributed by atoms with Crippen molar-refractivity contribution in [2.75, 3.05) is 0 Å². The van der Waals surface area contributed by atoms with Crippen LogP contribution in [0.4, 0.5) is 0 Å². The molecule has 3 heteroatoms. The molecule has 2 aromatic carbocycles. The maximum atomic E-state index is 12.5. The number of rotatable bonds is 0. The zero-order chi connectivity index (χ0) is 13.0. The van der Waals surface area contributed by atoms with Gasteiger partial charge in [0.25, 0.3) is 0 Å². The number of ketones is 1. The van der Waals surface area contributed by atoms with Crippen molar-refractivity contribution < 1.29 is 4.79 Å². The molecule has 0 aliphatic heterocycles. The van der Waals surface area contributed by atoms with Crippen molar-refractivity contribution in [2.45, 2.75) is 6.42 Å². The number of nitrogens with one attached hydrogen (secondary N) is 1. The molecule has 3 aromatic rings. The monoisotopic (exact) mass is 311 g/mol. The van der Waals surface area contributed by atoms with Gasteiger partial charge in [0.05, 0.1) is 5.69 Å². The van der Waals surface area contributed by atoms with E-state index in [1.807, 2.05) is 36.4 Å². The predicted molar refractivity (Wildman–Crippen MR) is 78.7 cm³/mol. The topological polar surface area (TPSA) is 32.9 Å². The molecule has 0 bridgehead atoms. The highest BCUT2D eigenvalue weighted by atomic mass is 79.9. The molecular weight excluding hydrogens is 302 g/mol. The first-order valence-electron chi connectivity index (χ1n) is 6.17. The minimum Gasteiger partial charge on any atom is -0.352 e. The molecular formula is C16H10BrNO. The van der Waals surface area contributed by atoms with E-state index in [2.05, 4.69) is 27.0 Å². The Kier molecular flexibility index (Phi) is 2.21. The van der Waals surface area contributed by atoms with Crippen molar-refractivity contribution in [3.8, 4) is 0 Å². The van der Waals surface area contributed by atoms with Crippen LogP contribution in [-0.4, -0.2) is 10.8 Å². The van der Waals surface area contributed by atoms with Gasteiger partial charge in [-0.1, -0.05) is 40.2 Å². The summed E-state index contributed by atoms with van der Waals surface area (Å²) in [6, 6.07) is 13.9. The Morgan fingerprint density at radius 1 is 1.11 bits per heavy atom. The largest absolute Gasteiger partial charge is 0.352 e. The van der Waals surface area contributed by atoms with E-state index in [-0.39, 0.29) is 5.78 Å². The highest BCUT2D eigenvalue weighted by Crippen LogP contribution is 2.33. The summed E-state index contributed by atoms with van der Waals surface area (Å²) in [5.41, 5.74) is 4.81. The van der Waals surface area contributed by atoms with Gasteiger partial charge in [-0.05, 0) is 29.3 Å². The standard InChI is InChI=1S/C16H10BrNO/c17-10-5-6-14-12(8-10)13-7-9-3-1-2-4-11(9)16(19)15(13)18-14/h1-6,8,18H,7H2. The first kappa shape index (κ1) is 11.0. The summed E-state index contributed by atoms with van der Waals surface area (Å²) >= 11 is 3.49. The van der Waals surface area contributed by atoms with Gasteiger partial charge in [0.1, 0.15) is 0 Å². The first-order chi connectivity index (χ1) is 9.24. The summed E-state index contributed by atoms with van der Waals surface area (Å²) in [6.45, 7) is 0. The fraction of sp³-hybridized carbons (Fsp3) is 0.0625.